The Kier molecular flexibility index (Phi) is 25.0. The van der Waals surface area contributed by atoms with Crippen LogP contribution in [0.3, 0.4) is 0 Å². The van der Waals surface area contributed by atoms with Gasteiger partial charge in [0, 0.05) is 31.0 Å². The molecule has 0 radical (unpaired) electrons. The minimum Gasteiger partial charge on any atom is -0.501 e. The lowest BCUT2D eigenvalue weighted by atomic mass is 10.1. The van der Waals surface area contributed by atoms with E-state index >= 15 is 0 Å². The van der Waals surface area contributed by atoms with Crippen molar-refractivity contribution in [3.8, 4) is 0 Å². The van der Waals surface area contributed by atoms with Crippen LogP contribution in [0.4, 0.5) is 17.1 Å². The predicted octanol–water partition coefficient (Wildman–Crippen LogP) is 11.3. The van der Waals surface area contributed by atoms with Crippen molar-refractivity contribution in [3.05, 3.63) is 156 Å². The SMILES string of the molecule is C.C.C.C.C.C1=COCC1.O=[N+]([O-])c1ccccc1Br.O=[N+]([O-])c1ccccc1C1C=CCO1.O=[N+]([O-])c1ccccc1C1CC=CO1. The summed E-state index contributed by atoms with van der Waals surface area (Å²) in [4.78, 5) is 30.4. The fraction of sp³-hybridized carbons (Fsp3) is 0.314. The van der Waals surface area contributed by atoms with E-state index in [-0.39, 0.29) is 76.2 Å². The first-order valence-corrected chi connectivity index (χ1v) is 13.8. The Balaban J connectivity index is -0.000000568. The van der Waals surface area contributed by atoms with Crippen LogP contribution in [-0.2, 0) is 14.2 Å². The van der Waals surface area contributed by atoms with Gasteiger partial charge in [0.15, 0.2) is 0 Å². The van der Waals surface area contributed by atoms with Crippen LogP contribution in [0, 0.1) is 30.3 Å². The van der Waals surface area contributed by atoms with E-state index in [1.807, 2.05) is 24.3 Å². The van der Waals surface area contributed by atoms with E-state index in [2.05, 4.69) is 15.9 Å². The van der Waals surface area contributed by atoms with Gasteiger partial charge in [0.2, 0.25) is 0 Å². The van der Waals surface area contributed by atoms with Gasteiger partial charge in [-0.05, 0) is 46.3 Å². The zero-order chi connectivity index (χ0) is 31.0. The Morgan fingerprint density at radius 3 is 1.56 bits per heavy atom. The summed E-state index contributed by atoms with van der Waals surface area (Å²) in [6, 6.07) is 19.8. The first-order valence-electron chi connectivity index (χ1n) is 13.0. The van der Waals surface area contributed by atoms with Gasteiger partial charge in [-0.15, -0.1) is 0 Å². The topological polar surface area (TPSA) is 157 Å². The smallest absolute Gasteiger partial charge is 0.283 e. The lowest BCUT2D eigenvalue weighted by molar-refractivity contribution is -0.386. The second-order valence-corrected chi connectivity index (χ2v) is 9.64. The van der Waals surface area contributed by atoms with Gasteiger partial charge in [0.25, 0.3) is 17.1 Å². The third-order valence-electron chi connectivity index (χ3n) is 5.94. The summed E-state index contributed by atoms with van der Waals surface area (Å²) in [5.74, 6) is 0. The molecule has 48 heavy (non-hydrogen) atoms. The van der Waals surface area contributed by atoms with Gasteiger partial charge in [-0.1, -0.05) is 85.7 Å². The van der Waals surface area contributed by atoms with Crippen LogP contribution in [0.5, 0.6) is 0 Å². The highest BCUT2D eigenvalue weighted by atomic mass is 79.9. The molecule has 13 heteroatoms. The average Bonchev–Trinajstić information content (AvgIpc) is 3.84. The largest absolute Gasteiger partial charge is 0.501 e. The van der Waals surface area contributed by atoms with Crippen molar-refractivity contribution in [2.45, 2.75) is 62.2 Å². The van der Waals surface area contributed by atoms with E-state index in [1.54, 1.807) is 67.1 Å². The summed E-state index contributed by atoms with van der Waals surface area (Å²) < 4.78 is 15.8. The number of nitro benzene ring substituents is 3. The third kappa shape index (κ3) is 14.7. The number of rotatable bonds is 5. The number of para-hydroxylation sites is 3. The Labute approximate surface area is 292 Å². The molecule has 0 fully saturated rings. The van der Waals surface area contributed by atoms with Crippen molar-refractivity contribution in [2.24, 2.45) is 0 Å². The van der Waals surface area contributed by atoms with E-state index in [9.17, 15) is 30.3 Å². The van der Waals surface area contributed by atoms with Crippen molar-refractivity contribution >= 4 is 33.0 Å². The minimum absolute atomic E-state index is 0. The summed E-state index contributed by atoms with van der Waals surface area (Å²) in [5, 5.41) is 31.6. The molecule has 2 unspecified atom stereocenters. The van der Waals surface area contributed by atoms with Crippen molar-refractivity contribution in [2.75, 3.05) is 13.2 Å². The van der Waals surface area contributed by atoms with E-state index < -0.39 is 4.92 Å². The van der Waals surface area contributed by atoms with Gasteiger partial charge in [-0.3, -0.25) is 30.3 Å². The highest BCUT2D eigenvalue weighted by Gasteiger charge is 2.23. The minimum atomic E-state index is -0.427. The van der Waals surface area contributed by atoms with Crippen LogP contribution in [-0.4, -0.2) is 28.0 Å². The van der Waals surface area contributed by atoms with Gasteiger partial charge in [0.05, 0.1) is 56.1 Å². The first-order chi connectivity index (χ1) is 20.8. The summed E-state index contributed by atoms with van der Waals surface area (Å²) >= 11 is 3.06. The molecule has 3 aromatic carbocycles. The third-order valence-corrected chi connectivity index (χ3v) is 6.61. The molecule has 0 aliphatic carbocycles. The molecule has 12 nitrogen and oxygen atoms in total. The molecule has 0 saturated carbocycles. The normalized spacial score (nSPS) is 15.4. The molecule has 6 rings (SSSR count). The number of nitrogens with zero attached hydrogens (tertiary/aromatic N) is 3. The highest BCUT2D eigenvalue weighted by Crippen LogP contribution is 2.33. The van der Waals surface area contributed by atoms with E-state index in [0.717, 1.165) is 13.0 Å². The fourth-order valence-electron chi connectivity index (χ4n) is 3.93. The summed E-state index contributed by atoms with van der Waals surface area (Å²) in [6.07, 6.45) is 12.2. The first kappa shape index (κ1) is 47.5. The van der Waals surface area contributed by atoms with Crippen LogP contribution in [0.15, 0.2) is 114 Å². The lowest BCUT2D eigenvalue weighted by Crippen LogP contribution is -2.00. The quantitative estimate of drug-likeness (QED) is 0.141. The molecular weight excluding hydrogens is 686 g/mol. The van der Waals surface area contributed by atoms with Gasteiger partial charge >= 0.3 is 0 Å². The van der Waals surface area contributed by atoms with E-state index in [1.165, 1.54) is 18.2 Å². The molecule has 0 aromatic heterocycles. The van der Waals surface area contributed by atoms with Gasteiger partial charge in [0.1, 0.15) is 12.2 Å². The summed E-state index contributed by atoms with van der Waals surface area (Å²) in [6.45, 7) is 1.41. The molecule has 3 aliphatic heterocycles. The summed E-state index contributed by atoms with van der Waals surface area (Å²) in [7, 11) is 0. The molecule has 3 aliphatic rings. The summed E-state index contributed by atoms with van der Waals surface area (Å²) in [5.41, 5.74) is 1.60. The molecule has 0 saturated heterocycles. The molecule has 3 heterocycles. The van der Waals surface area contributed by atoms with Gasteiger partial charge < -0.3 is 14.2 Å². The lowest BCUT2D eigenvalue weighted by Gasteiger charge is -2.10. The number of hydrogen-bond acceptors (Lipinski definition) is 9. The Bertz CT molecular complexity index is 1480. The maximum absolute atomic E-state index is 10.7. The molecule has 0 N–H and O–H groups in total. The number of halogens is 1. The van der Waals surface area contributed by atoms with Crippen LogP contribution in [0.2, 0.25) is 0 Å². The van der Waals surface area contributed by atoms with Crippen LogP contribution in [0.25, 0.3) is 0 Å². The number of benzene rings is 3. The molecule has 3 aromatic rings. The van der Waals surface area contributed by atoms with Crippen molar-refractivity contribution in [1.29, 1.82) is 0 Å². The van der Waals surface area contributed by atoms with E-state index in [0.29, 0.717) is 28.6 Å². The van der Waals surface area contributed by atoms with E-state index in [4.69, 9.17) is 14.2 Å². The Hall–Kier alpha value is -4.88. The number of hydrogen-bond donors (Lipinski definition) is 0. The molecule has 2 atom stereocenters. The standard InChI is InChI=1S/2C10H9NO3.C6H4BrNO2.C4H6O.5CH4/c2*12-11(13)9-5-2-1-4-8(9)10-6-3-7-14-10;7-5-3-1-2-4-6(5)8(9)10;1-2-4-5-3-1;;;;;/h1-5,7,10H,6H2;1-6,10H,7H2;1-4H;1,3H,2,4H2;5*1H4. The maximum Gasteiger partial charge on any atom is 0.283 e. The molecule has 0 bridgehead atoms. The Morgan fingerprint density at radius 2 is 1.17 bits per heavy atom. The Morgan fingerprint density at radius 1 is 0.646 bits per heavy atom. The molecule has 0 amide bonds. The maximum atomic E-state index is 10.7. The second-order valence-electron chi connectivity index (χ2n) is 8.79. The molecule has 0 spiro atoms. The number of nitro groups is 3. The van der Waals surface area contributed by atoms with Gasteiger partial charge in [-0.25, -0.2) is 0 Å². The van der Waals surface area contributed by atoms with Crippen LogP contribution < -0.4 is 0 Å². The average molecular weight is 735 g/mol. The predicted molar refractivity (Wildman–Crippen MR) is 196 cm³/mol. The molecular formula is C35H48BrN3O9. The van der Waals surface area contributed by atoms with Gasteiger partial charge in [-0.2, -0.15) is 0 Å². The van der Waals surface area contributed by atoms with Crippen LogP contribution >= 0.6 is 15.9 Å². The molecule has 264 valence electrons. The van der Waals surface area contributed by atoms with Crippen LogP contribution in [0.1, 0.15) is 73.3 Å². The van der Waals surface area contributed by atoms with Crippen molar-refractivity contribution in [1.82, 2.24) is 0 Å². The monoisotopic (exact) mass is 733 g/mol. The number of ether oxygens (including phenoxy) is 3. The zero-order valence-electron chi connectivity index (χ0n) is 22.8. The van der Waals surface area contributed by atoms with Crippen molar-refractivity contribution < 1.29 is 29.0 Å². The van der Waals surface area contributed by atoms with Crippen molar-refractivity contribution in [3.63, 3.8) is 0 Å². The fourth-order valence-corrected chi connectivity index (χ4v) is 4.36. The second kappa shape index (κ2) is 25.2. The highest BCUT2D eigenvalue weighted by molar-refractivity contribution is 9.10. The zero-order valence-corrected chi connectivity index (χ0v) is 24.4.